The molecule has 0 aromatic heterocycles. The standard InChI is InChI=1S/C8H24N2Si2/c1-8-10(2)12(6,7)9-11(3,4)5/h9H,8H2,1-7H3. The van der Waals surface area contributed by atoms with Crippen LogP contribution in [0.2, 0.25) is 32.7 Å². The number of rotatable bonds is 4. The third kappa shape index (κ3) is 4.40. The highest BCUT2D eigenvalue weighted by atomic mass is 28.4. The highest BCUT2D eigenvalue weighted by molar-refractivity contribution is 6.89. The summed E-state index contributed by atoms with van der Waals surface area (Å²) in [5, 5.41) is 0. The van der Waals surface area contributed by atoms with Crippen molar-refractivity contribution in [3.8, 4) is 0 Å². The van der Waals surface area contributed by atoms with Crippen LogP contribution < -0.4 is 4.65 Å². The summed E-state index contributed by atoms with van der Waals surface area (Å²) in [4.78, 5) is 0. The zero-order chi connectivity index (χ0) is 9.99. The van der Waals surface area contributed by atoms with Gasteiger partial charge in [0.2, 0.25) is 0 Å². The highest BCUT2D eigenvalue weighted by Gasteiger charge is 2.30. The highest BCUT2D eigenvalue weighted by Crippen LogP contribution is 2.07. The Hall–Kier alpha value is 0.354. The van der Waals surface area contributed by atoms with Gasteiger partial charge in [-0.1, -0.05) is 26.6 Å². The fourth-order valence-corrected chi connectivity index (χ4v) is 10.3. The molecule has 0 aromatic rings. The third-order valence-electron chi connectivity index (χ3n) is 2.11. The number of nitrogens with one attached hydrogen (secondary N) is 1. The molecule has 0 aliphatic rings. The van der Waals surface area contributed by atoms with E-state index in [4.69, 9.17) is 0 Å². The number of hydrogen-bond acceptors (Lipinski definition) is 2. The molecule has 0 bridgehead atoms. The van der Waals surface area contributed by atoms with Crippen LogP contribution in [0.25, 0.3) is 0 Å². The average Bonchev–Trinajstić information content (AvgIpc) is 1.80. The average molecular weight is 204 g/mol. The first kappa shape index (κ1) is 12.4. The summed E-state index contributed by atoms with van der Waals surface area (Å²) in [6, 6.07) is 0. The molecule has 2 nitrogen and oxygen atoms in total. The Labute approximate surface area is 79.6 Å². The van der Waals surface area contributed by atoms with Crippen molar-refractivity contribution >= 4 is 16.6 Å². The topological polar surface area (TPSA) is 15.3 Å². The molecule has 0 unspecified atom stereocenters. The van der Waals surface area contributed by atoms with E-state index in [0.29, 0.717) is 0 Å². The summed E-state index contributed by atoms with van der Waals surface area (Å²) >= 11 is 0. The van der Waals surface area contributed by atoms with Crippen molar-refractivity contribution in [1.29, 1.82) is 0 Å². The van der Waals surface area contributed by atoms with Gasteiger partial charge >= 0.3 is 0 Å². The minimum Gasteiger partial charge on any atom is -0.348 e. The third-order valence-corrected chi connectivity index (χ3v) is 9.78. The van der Waals surface area contributed by atoms with Crippen molar-refractivity contribution in [2.45, 2.75) is 39.7 Å². The SMILES string of the molecule is CCN(C)[Si](C)(C)N[Si](C)(C)C. The molecule has 0 saturated carbocycles. The Morgan fingerprint density at radius 2 is 1.50 bits per heavy atom. The van der Waals surface area contributed by atoms with Crippen LogP contribution in [0.4, 0.5) is 0 Å². The quantitative estimate of drug-likeness (QED) is 0.705. The van der Waals surface area contributed by atoms with Gasteiger partial charge in [0, 0.05) is 0 Å². The van der Waals surface area contributed by atoms with Gasteiger partial charge in [0.05, 0.1) is 0 Å². The van der Waals surface area contributed by atoms with Crippen LogP contribution in [0.1, 0.15) is 6.92 Å². The molecule has 0 atom stereocenters. The van der Waals surface area contributed by atoms with Crippen LogP contribution in [-0.4, -0.2) is 34.8 Å². The van der Waals surface area contributed by atoms with Gasteiger partial charge in [0.1, 0.15) is 8.24 Å². The van der Waals surface area contributed by atoms with E-state index in [0.717, 1.165) is 6.54 Å². The molecule has 4 heteroatoms. The minimum absolute atomic E-state index is 1.10. The smallest absolute Gasteiger partial charge is 0.190 e. The van der Waals surface area contributed by atoms with E-state index in [1.54, 1.807) is 0 Å². The van der Waals surface area contributed by atoms with Gasteiger partial charge < -0.3 is 9.21 Å². The molecular formula is C8H24N2Si2. The first-order valence-electron chi connectivity index (χ1n) is 4.69. The lowest BCUT2D eigenvalue weighted by Gasteiger charge is -2.38. The van der Waals surface area contributed by atoms with Crippen LogP contribution >= 0.6 is 0 Å². The summed E-state index contributed by atoms with van der Waals surface area (Å²) < 4.78 is 6.33. The predicted molar refractivity (Wildman–Crippen MR) is 62.3 cm³/mol. The van der Waals surface area contributed by atoms with E-state index in [9.17, 15) is 0 Å². The van der Waals surface area contributed by atoms with Crippen LogP contribution in [0.3, 0.4) is 0 Å². The maximum atomic E-state index is 3.85. The van der Waals surface area contributed by atoms with Crippen molar-refractivity contribution in [2.75, 3.05) is 13.6 Å². The van der Waals surface area contributed by atoms with Crippen molar-refractivity contribution in [3.05, 3.63) is 0 Å². The van der Waals surface area contributed by atoms with E-state index in [1.165, 1.54) is 0 Å². The van der Waals surface area contributed by atoms with Crippen molar-refractivity contribution in [3.63, 3.8) is 0 Å². The van der Waals surface area contributed by atoms with Crippen LogP contribution in [0.5, 0.6) is 0 Å². The Morgan fingerprint density at radius 1 is 1.08 bits per heavy atom. The normalized spacial score (nSPS) is 14.0. The van der Waals surface area contributed by atoms with Gasteiger partial charge in [0.25, 0.3) is 0 Å². The zero-order valence-corrected chi connectivity index (χ0v) is 11.7. The van der Waals surface area contributed by atoms with Crippen LogP contribution in [-0.2, 0) is 0 Å². The molecule has 12 heavy (non-hydrogen) atoms. The predicted octanol–water partition coefficient (Wildman–Crippen LogP) is 2.06. The molecule has 0 radical (unpaired) electrons. The molecule has 0 saturated heterocycles. The molecule has 0 heterocycles. The maximum Gasteiger partial charge on any atom is 0.190 e. The molecule has 0 aliphatic carbocycles. The largest absolute Gasteiger partial charge is 0.348 e. The Bertz CT molecular complexity index is 140. The van der Waals surface area contributed by atoms with Crippen LogP contribution in [0, 0.1) is 0 Å². The van der Waals surface area contributed by atoms with Crippen molar-refractivity contribution in [1.82, 2.24) is 9.21 Å². The van der Waals surface area contributed by atoms with E-state index < -0.39 is 16.6 Å². The molecular weight excluding hydrogens is 180 g/mol. The Balaban J connectivity index is 4.22. The van der Waals surface area contributed by atoms with Gasteiger partial charge in [0.15, 0.2) is 8.40 Å². The number of nitrogens with zero attached hydrogens (tertiary/aromatic N) is 1. The lowest BCUT2D eigenvalue weighted by molar-refractivity contribution is 0.529. The molecule has 0 amide bonds. The van der Waals surface area contributed by atoms with Gasteiger partial charge in [-0.15, -0.1) is 0 Å². The lowest BCUT2D eigenvalue weighted by atomic mass is 10.8. The summed E-state index contributed by atoms with van der Waals surface area (Å²) in [6.45, 7) is 15.2. The number of hydrogen-bond donors (Lipinski definition) is 1. The Morgan fingerprint density at radius 3 is 1.75 bits per heavy atom. The summed E-state index contributed by atoms with van der Waals surface area (Å²) in [6.07, 6.45) is 0. The first-order valence-corrected chi connectivity index (χ1v) is 11.1. The van der Waals surface area contributed by atoms with Gasteiger partial charge in [-0.25, -0.2) is 0 Å². The molecule has 0 aromatic carbocycles. The summed E-state index contributed by atoms with van der Waals surface area (Å²) in [5.74, 6) is 0. The summed E-state index contributed by atoms with van der Waals surface area (Å²) in [5.41, 5.74) is 0. The second kappa shape index (κ2) is 4.04. The lowest BCUT2D eigenvalue weighted by Crippen LogP contribution is -2.65. The second-order valence-corrected chi connectivity index (χ2v) is 14.3. The molecule has 1 N–H and O–H groups in total. The molecule has 0 rings (SSSR count). The van der Waals surface area contributed by atoms with Gasteiger partial charge in [-0.3, -0.25) is 0 Å². The zero-order valence-electron chi connectivity index (χ0n) is 9.65. The summed E-state index contributed by atoms with van der Waals surface area (Å²) in [7, 11) is -0.177. The van der Waals surface area contributed by atoms with E-state index in [1.807, 2.05) is 0 Å². The molecule has 74 valence electrons. The van der Waals surface area contributed by atoms with E-state index in [2.05, 4.69) is 55.9 Å². The first-order chi connectivity index (χ1) is 5.19. The van der Waals surface area contributed by atoms with Crippen molar-refractivity contribution < 1.29 is 0 Å². The van der Waals surface area contributed by atoms with Gasteiger partial charge in [-0.2, -0.15) is 0 Å². The molecule has 0 spiro atoms. The minimum atomic E-state index is -1.30. The van der Waals surface area contributed by atoms with Crippen LogP contribution in [0.15, 0.2) is 0 Å². The fourth-order valence-electron chi connectivity index (χ4n) is 1.41. The fraction of sp³-hybridized carbons (Fsp3) is 1.00. The molecule has 0 fully saturated rings. The second-order valence-electron chi connectivity index (χ2n) is 4.95. The van der Waals surface area contributed by atoms with Gasteiger partial charge in [-0.05, 0) is 26.7 Å². The van der Waals surface area contributed by atoms with E-state index in [-0.39, 0.29) is 0 Å². The molecule has 0 aliphatic heterocycles. The van der Waals surface area contributed by atoms with E-state index >= 15 is 0 Å². The monoisotopic (exact) mass is 204 g/mol. The van der Waals surface area contributed by atoms with Crippen molar-refractivity contribution in [2.24, 2.45) is 0 Å². The Kier molecular flexibility index (Phi) is 4.16. The maximum absolute atomic E-state index is 3.85.